The number of amides is 1. The highest BCUT2D eigenvalue weighted by Crippen LogP contribution is 2.28. The maximum Gasteiger partial charge on any atom is 0.326 e. The maximum atomic E-state index is 12.2. The summed E-state index contributed by atoms with van der Waals surface area (Å²) in [5, 5.41) is 2.50. The summed E-state index contributed by atoms with van der Waals surface area (Å²) in [6.07, 6.45) is -0.240. The summed E-state index contributed by atoms with van der Waals surface area (Å²) in [4.78, 5) is 39.5. The van der Waals surface area contributed by atoms with E-state index in [2.05, 4.69) is 15.3 Å². The van der Waals surface area contributed by atoms with Crippen molar-refractivity contribution in [1.29, 1.82) is 0 Å². The first-order chi connectivity index (χ1) is 10.0. The molecule has 2 heterocycles. The SMILES string of the molecule is Cc1[nH]c(=O)[nH]c(=O)c1NC(=O)[C@H]1Cc2ccccc2O1. The number of carbonyl (C=O) groups is 1. The zero-order valence-corrected chi connectivity index (χ0v) is 11.2. The van der Waals surface area contributed by atoms with Gasteiger partial charge in [-0.2, -0.15) is 0 Å². The molecule has 1 aliphatic rings. The number of fused-ring (bicyclic) bond motifs is 1. The van der Waals surface area contributed by atoms with Crippen LogP contribution in [0, 0.1) is 6.92 Å². The van der Waals surface area contributed by atoms with E-state index in [1.165, 1.54) is 6.92 Å². The van der Waals surface area contributed by atoms with Crippen LogP contribution in [0.5, 0.6) is 5.75 Å². The van der Waals surface area contributed by atoms with Crippen LogP contribution in [0.3, 0.4) is 0 Å². The quantitative estimate of drug-likeness (QED) is 0.739. The van der Waals surface area contributed by atoms with Crippen LogP contribution in [-0.4, -0.2) is 22.0 Å². The zero-order chi connectivity index (χ0) is 15.0. The number of aromatic nitrogens is 2. The third-order valence-electron chi connectivity index (χ3n) is 3.32. The molecule has 21 heavy (non-hydrogen) atoms. The number of benzene rings is 1. The number of rotatable bonds is 2. The number of ether oxygens (including phenoxy) is 1. The number of hydrogen-bond donors (Lipinski definition) is 3. The van der Waals surface area contributed by atoms with Crippen LogP contribution in [0.2, 0.25) is 0 Å². The van der Waals surface area contributed by atoms with Crippen LogP contribution in [0.15, 0.2) is 33.9 Å². The van der Waals surface area contributed by atoms with E-state index in [1.54, 1.807) is 6.07 Å². The summed E-state index contributed by atoms with van der Waals surface area (Å²) in [6.45, 7) is 1.54. The molecule has 0 spiro atoms. The second-order valence-corrected chi connectivity index (χ2v) is 4.82. The van der Waals surface area contributed by atoms with Gasteiger partial charge < -0.3 is 15.0 Å². The average molecular weight is 287 g/mol. The molecule has 0 radical (unpaired) electrons. The summed E-state index contributed by atoms with van der Waals surface area (Å²) in [5.41, 5.74) is 0.0247. The summed E-state index contributed by atoms with van der Waals surface area (Å²) in [6, 6.07) is 7.39. The van der Waals surface area contributed by atoms with Gasteiger partial charge in [0.15, 0.2) is 6.10 Å². The molecule has 0 saturated heterocycles. The van der Waals surface area contributed by atoms with Crippen molar-refractivity contribution in [3.63, 3.8) is 0 Å². The Morgan fingerprint density at radius 3 is 2.76 bits per heavy atom. The Hall–Kier alpha value is -2.83. The second kappa shape index (κ2) is 4.93. The van der Waals surface area contributed by atoms with Crippen molar-refractivity contribution >= 4 is 11.6 Å². The minimum Gasteiger partial charge on any atom is -0.480 e. The molecule has 0 unspecified atom stereocenters. The van der Waals surface area contributed by atoms with Crippen LogP contribution in [0.25, 0.3) is 0 Å². The Bertz CT molecular complexity index is 796. The second-order valence-electron chi connectivity index (χ2n) is 4.82. The molecule has 108 valence electrons. The first-order valence-corrected chi connectivity index (χ1v) is 6.43. The smallest absolute Gasteiger partial charge is 0.326 e. The number of H-pyrrole nitrogens is 2. The largest absolute Gasteiger partial charge is 0.480 e. The predicted octanol–water partition coefficient (Wildman–Crippen LogP) is 0.314. The molecular weight excluding hydrogens is 274 g/mol. The monoisotopic (exact) mass is 287 g/mol. The standard InChI is InChI=1S/C14H13N3O4/c1-7-11(13(19)17-14(20)15-7)16-12(18)10-6-8-4-2-3-5-9(8)21-10/h2-5,10H,6H2,1H3,(H,16,18)(H2,15,17,19,20)/t10-/m1/s1. The fourth-order valence-corrected chi connectivity index (χ4v) is 2.28. The van der Waals surface area contributed by atoms with Gasteiger partial charge in [0.1, 0.15) is 11.4 Å². The van der Waals surface area contributed by atoms with Crippen molar-refractivity contribution in [1.82, 2.24) is 9.97 Å². The summed E-state index contributed by atoms with van der Waals surface area (Å²) in [7, 11) is 0. The third kappa shape index (κ3) is 2.45. The highest BCUT2D eigenvalue weighted by atomic mass is 16.5. The molecule has 1 aliphatic heterocycles. The van der Waals surface area contributed by atoms with E-state index in [-0.39, 0.29) is 5.69 Å². The first-order valence-electron chi connectivity index (χ1n) is 6.43. The molecule has 3 N–H and O–H groups in total. The van der Waals surface area contributed by atoms with Crippen molar-refractivity contribution in [3.8, 4) is 5.75 Å². The summed E-state index contributed by atoms with van der Waals surface area (Å²) in [5.74, 6) is 0.247. The normalized spacial score (nSPS) is 16.1. The van der Waals surface area contributed by atoms with Gasteiger partial charge in [-0.1, -0.05) is 18.2 Å². The molecule has 0 fully saturated rings. The molecule has 1 aromatic heterocycles. The van der Waals surface area contributed by atoms with E-state index < -0.39 is 23.3 Å². The van der Waals surface area contributed by atoms with E-state index in [1.807, 2.05) is 18.2 Å². The molecule has 3 rings (SSSR count). The van der Waals surface area contributed by atoms with Gasteiger partial charge in [0.2, 0.25) is 0 Å². The molecule has 2 aromatic rings. The fraction of sp³-hybridized carbons (Fsp3) is 0.214. The van der Waals surface area contributed by atoms with Crippen LogP contribution in [-0.2, 0) is 11.2 Å². The number of anilines is 1. The zero-order valence-electron chi connectivity index (χ0n) is 11.2. The van der Waals surface area contributed by atoms with Crippen LogP contribution in [0.1, 0.15) is 11.3 Å². The van der Waals surface area contributed by atoms with Crippen molar-refractivity contribution in [3.05, 3.63) is 56.4 Å². The maximum absolute atomic E-state index is 12.2. The topological polar surface area (TPSA) is 104 Å². The van der Waals surface area contributed by atoms with Gasteiger partial charge in [-0.25, -0.2) is 4.79 Å². The van der Waals surface area contributed by atoms with Crippen molar-refractivity contribution < 1.29 is 9.53 Å². The van der Waals surface area contributed by atoms with Crippen LogP contribution < -0.4 is 21.3 Å². The number of aromatic amines is 2. The lowest BCUT2D eigenvalue weighted by molar-refractivity contribution is -0.122. The minimum absolute atomic E-state index is 0.0270. The lowest BCUT2D eigenvalue weighted by atomic mass is 10.1. The number of nitrogens with one attached hydrogen (secondary N) is 3. The van der Waals surface area contributed by atoms with E-state index >= 15 is 0 Å². The van der Waals surface area contributed by atoms with E-state index in [9.17, 15) is 14.4 Å². The molecule has 0 saturated carbocycles. The van der Waals surface area contributed by atoms with E-state index in [0.29, 0.717) is 17.9 Å². The predicted molar refractivity (Wildman–Crippen MR) is 75.6 cm³/mol. The Balaban J connectivity index is 1.80. The van der Waals surface area contributed by atoms with Gasteiger partial charge in [0, 0.05) is 12.1 Å². The number of aryl methyl sites for hydroxylation is 1. The molecule has 1 amide bonds. The molecule has 1 aromatic carbocycles. The minimum atomic E-state index is -0.687. The van der Waals surface area contributed by atoms with Gasteiger partial charge in [0.05, 0.1) is 0 Å². The molecular formula is C14H13N3O4. The summed E-state index contributed by atoms with van der Waals surface area (Å²) >= 11 is 0. The molecule has 7 nitrogen and oxygen atoms in total. The van der Waals surface area contributed by atoms with E-state index in [4.69, 9.17) is 4.74 Å². The highest BCUT2D eigenvalue weighted by molar-refractivity contribution is 5.95. The fourth-order valence-electron chi connectivity index (χ4n) is 2.28. The summed E-state index contributed by atoms with van der Waals surface area (Å²) < 4.78 is 5.55. The number of hydrogen-bond acceptors (Lipinski definition) is 4. The van der Waals surface area contributed by atoms with Crippen LogP contribution >= 0.6 is 0 Å². The molecule has 1 atom stereocenters. The lowest BCUT2D eigenvalue weighted by Gasteiger charge is -2.11. The van der Waals surface area contributed by atoms with Gasteiger partial charge in [-0.3, -0.25) is 14.6 Å². The lowest BCUT2D eigenvalue weighted by Crippen LogP contribution is -2.35. The van der Waals surface area contributed by atoms with Gasteiger partial charge in [-0.15, -0.1) is 0 Å². The highest BCUT2D eigenvalue weighted by Gasteiger charge is 2.29. The number of carbonyl (C=O) groups excluding carboxylic acids is 1. The number of para-hydroxylation sites is 1. The Labute approximate surface area is 119 Å². The van der Waals surface area contributed by atoms with Crippen LogP contribution in [0.4, 0.5) is 5.69 Å². The Kier molecular flexibility index (Phi) is 3.09. The van der Waals surface area contributed by atoms with Gasteiger partial charge in [-0.05, 0) is 18.6 Å². The third-order valence-corrected chi connectivity index (χ3v) is 3.32. The Morgan fingerprint density at radius 2 is 2.05 bits per heavy atom. The van der Waals surface area contributed by atoms with Crippen molar-refractivity contribution in [2.45, 2.75) is 19.4 Å². The van der Waals surface area contributed by atoms with Gasteiger partial charge >= 0.3 is 5.69 Å². The molecule has 0 bridgehead atoms. The first kappa shape index (κ1) is 13.2. The van der Waals surface area contributed by atoms with Crippen molar-refractivity contribution in [2.24, 2.45) is 0 Å². The Morgan fingerprint density at radius 1 is 1.29 bits per heavy atom. The average Bonchev–Trinajstić information content (AvgIpc) is 2.86. The van der Waals surface area contributed by atoms with Gasteiger partial charge in [0.25, 0.3) is 11.5 Å². The van der Waals surface area contributed by atoms with Crippen molar-refractivity contribution in [2.75, 3.05) is 5.32 Å². The molecule has 7 heteroatoms. The van der Waals surface area contributed by atoms with E-state index in [0.717, 1.165) is 5.56 Å². The molecule has 0 aliphatic carbocycles.